The second kappa shape index (κ2) is 7.81. The van der Waals surface area contributed by atoms with Crippen LogP contribution in [0, 0.1) is 0 Å². The van der Waals surface area contributed by atoms with Gasteiger partial charge in [-0.2, -0.15) is 0 Å². The second-order valence-electron chi connectivity index (χ2n) is 4.93. The molecule has 0 saturated carbocycles. The molecule has 2 rings (SSSR count). The van der Waals surface area contributed by atoms with E-state index in [1.54, 1.807) is 11.7 Å². The fraction of sp³-hybridized carbons (Fsp3) is 0.438. The molecule has 5 heteroatoms. The lowest BCUT2D eigenvalue weighted by Crippen LogP contribution is -2.23. The quantitative estimate of drug-likeness (QED) is 0.755. The second-order valence-corrected chi connectivity index (χ2v) is 4.93. The average molecular weight is 290 g/mol. The van der Waals surface area contributed by atoms with Crippen molar-refractivity contribution in [1.82, 2.24) is 4.57 Å². The van der Waals surface area contributed by atoms with Crippen molar-refractivity contribution < 1.29 is 9.47 Å². The summed E-state index contributed by atoms with van der Waals surface area (Å²) in [6, 6.07) is 9.37. The van der Waals surface area contributed by atoms with Gasteiger partial charge >= 0.3 is 0 Å². The summed E-state index contributed by atoms with van der Waals surface area (Å²) in [5.74, 6) is 0.513. The molecule has 21 heavy (non-hydrogen) atoms. The van der Waals surface area contributed by atoms with Gasteiger partial charge in [0, 0.05) is 25.6 Å². The molecule has 2 aromatic rings. The van der Waals surface area contributed by atoms with E-state index < -0.39 is 0 Å². The molecule has 0 atom stereocenters. The molecule has 2 N–H and O–H groups in total. The summed E-state index contributed by atoms with van der Waals surface area (Å²) < 4.78 is 11.9. The molecule has 0 unspecified atom stereocenters. The Kier molecular flexibility index (Phi) is 5.78. The van der Waals surface area contributed by atoms with Gasteiger partial charge in [-0.05, 0) is 30.4 Å². The minimum Gasteiger partial charge on any atom is -0.385 e. The first-order chi connectivity index (χ1) is 10.2. The van der Waals surface area contributed by atoms with Crippen LogP contribution in [-0.4, -0.2) is 31.5 Å². The summed E-state index contributed by atoms with van der Waals surface area (Å²) in [4.78, 5) is 12.4. The molecule has 5 nitrogen and oxygen atoms in total. The predicted molar refractivity (Wildman–Crippen MR) is 84.5 cm³/mol. The molecule has 0 amide bonds. The Hall–Kier alpha value is -1.85. The third kappa shape index (κ3) is 4.06. The number of nitrogen functional groups attached to an aromatic ring is 1. The van der Waals surface area contributed by atoms with Crippen molar-refractivity contribution in [2.45, 2.75) is 19.4 Å². The third-order valence-corrected chi connectivity index (χ3v) is 3.40. The smallest absolute Gasteiger partial charge is 0.259 e. The van der Waals surface area contributed by atoms with Gasteiger partial charge in [0.2, 0.25) is 0 Å². The van der Waals surface area contributed by atoms with Gasteiger partial charge in [0.25, 0.3) is 5.56 Å². The van der Waals surface area contributed by atoms with E-state index in [-0.39, 0.29) is 5.56 Å². The minimum atomic E-state index is -0.0223. The summed E-state index contributed by atoms with van der Waals surface area (Å²) >= 11 is 0. The summed E-state index contributed by atoms with van der Waals surface area (Å²) in [5.41, 5.74) is 5.96. The Morgan fingerprint density at radius 2 is 1.95 bits per heavy atom. The number of ether oxygens (including phenoxy) is 2. The van der Waals surface area contributed by atoms with Crippen molar-refractivity contribution in [3.8, 4) is 0 Å². The summed E-state index contributed by atoms with van der Waals surface area (Å²) in [5, 5.41) is 1.60. The van der Waals surface area contributed by atoms with Crippen molar-refractivity contribution in [3.05, 3.63) is 40.7 Å². The van der Waals surface area contributed by atoms with Crippen LogP contribution in [0.1, 0.15) is 12.8 Å². The van der Waals surface area contributed by atoms with Gasteiger partial charge in [-0.1, -0.05) is 18.2 Å². The first kappa shape index (κ1) is 15.5. The number of methoxy groups -OCH3 is 1. The highest BCUT2D eigenvalue weighted by Gasteiger charge is 2.06. The maximum Gasteiger partial charge on any atom is 0.259 e. The van der Waals surface area contributed by atoms with E-state index in [1.165, 1.54) is 0 Å². The average Bonchev–Trinajstić information content (AvgIpc) is 2.49. The lowest BCUT2D eigenvalue weighted by atomic mass is 10.1. The van der Waals surface area contributed by atoms with Crippen LogP contribution in [-0.2, 0) is 16.0 Å². The molecule has 0 aliphatic carbocycles. The zero-order valence-corrected chi connectivity index (χ0v) is 12.4. The van der Waals surface area contributed by atoms with Crippen molar-refractivity contribution in [2.24, 2.45) is 0 Å². The van der Waals surface area contributed by atoms with E-state index >= 15 is 0 Å². The number of rotatable bonds is 8. The van der Waals surface area contributed by atoms with E-state index in [9.17, 15) is 4.79 Å². The van der Waals surface area contributed by atoms with E-state index in [2.05, 4.69) is 0 Å². The van der Waals surface area contributed by atoms with Gasteiger partial charge in [-0.3, -0.25) is 9.36 Å². The highest BCUT2D eigenvalue weighted by Crippen LogP contribution is 2.13. The standard InChI is InChI=1S/C16H22N2O3/c1-20-10-11-21-9-5-4-8-18-15(17)12-13-6-2-3-7-14(13)16(18)19/h2-3,6-7,12H,4-5,8-11,17H2,1H3. The number of nitrogens with two attached hydrogens (primary N) is 1. The van der Waals surface area contributed by atoms with Gasteiger partial charge in [-0.25, -0.2) is 0 Å². The SMILES string of the molecule is COCCOCCCCn1c(N)cc2ccccc2c1=O. The molecule has 1 heterocycles. The summed E-state index contributed by atoms with van der Waals surface area (Å²) in [6.07, 6.45) is 1.75. The third-order valence-electron chi connectivity index (χ3n) is 3.40. The van der Waals surface area contributed by atoms with E-state index in [0.29, 0.717) is 37.6 Å². The maximum atomic E-state index is 12.4. The molecular weight excluding hydrogens is 268 g/mol. The molecule has 0 saturated heterocycles. The van der Waals surface area contributed by atoms with Gasteiger partial charge in [0.05, 0.1) is 13.2 Å². The lowest BCUT2D eigenvalue weighted by Gasteiger charge is -2.11. The molecule has 0 bridgehead atoms. The van der Waals surface area contributed by atoms with Crippen LogP contribution in [0.2, 0.25) is 0 Å². The van der Waals surface area contributed by atoms with Crippen LogP contribution in [0.4, 0.5) is 5.82 Å². The Balaban J connectivity index is 1.94. The number of pyridine rings is 1. The van der Waals surface area contributed by atoms with Crippen molar-refractivity contribution >= 4 is 16.6 Å². The molecule has 0 aliphatic heterocycles. The topological polar surface area (TPSA) is 66.5 Å². The Bertz CT molecular complexity index is 637. The van der Waals surface area contributed by atoms with E-state index in [4.69, 9.17) is 15.2 Å². The maximum absolute atomic E-state index is 12.4. The van der Waals surface area contributed by atoms with Crippen LogP contribution in [0.25, 0.3) is 10.8 Å². The van der Waals surface area contributed by atoms with E-state index in [0.717, 1.165) is 18.2 Å². The van der Waals surface area contributed by atoms with Crippen LogP contribution >= 0.6 is 0 Å². The molecule has 1 aromatic carbocycles. The molecular formula is C16H22N2O3. The summed E-state index contributed by atoms with van der Waals surface area (Å²) in [6.45, 7) is 2.50. The largest absolute Gasteiger partial charge is 0.385 e. The molecule has 0 spiro atoms. The van der Waals surface area contributed by atoms with Crippen LogP contribution in [0.5, 0.6) is 0 Å². The number of hydrogen-bond acceptors (Lipinski definition) is 4. The fourth-order valence-electron chi connectivity index (χ4n) is 2.27. The number of hydrogen-bond donors (Lipinski definition) is 1. The monoisotopic (exact) mass is 290 g/mol. The molecule has 0 aliphatic rings. The van der Waals surface area contributed by atoms with Gasteiger partial charge in [0.1, 0.15) is 5.82 Å². The Morgan fingerprint density at radius 1 is 1.14 bits per heavy atom. The van der Waals surface area contributed by atoms with Crippen LogP contribution < -0.4 is 11.3 Å². The number of fused-ring (bicyclic) bond motifs is 1. The van der Waals surface area contributed by atoms with Gasteiger partial charge < -0.3 is 15.2 Å². The summed E-state index contributed by atoms with van der Waals surface area (Å²) in [7, 11) is 1.65. The minimum absolute atomic E-state index is 0.0223. The number of aromatic nitrogens is 1. The normalized spacial score (nSPS) is 11.1. The van der Waals surface area contributed by atoms with Crippen molar-refractivity contribution in [1.29, 1.82) is 0 Å². The first-order valence-electron chi connectivity index (χ1n) is 7.19. The fourth-order valence-corrected chi connectivity index (χ4v) is 2.27. The van der Waals surface area contributed by atoms with Crippen molar-refractivity contribution in [2.75, 3.05) is 32.7 Å². The molecule has 0 radical (unpaired) electrons. The van der Waals surface area contributed by atoms with Crippen LogP contribution in [0.3, 0.4) is 0 Å². The van der Waals surface area contributed by atoms with Gasteiger partial charge in [-0.15, -0.1) is 0 Å². The highest BCUT2D eigenvalue weighted by molar-refractivity contribution is 5.83. The number of benzene rings is 1. The lowest BCUT2D eigenvalue weighted by molar-refractivity contribution is 0.0684. The predicted octanol–water partition coefficient (Wildman–Crippen LogP) is 2.03. The molecule has 0 fully saturated rings. The molecule has 114 valence electrons. The van der Waals surface area contributed by atoms with Crippen molar-refractivity contribution in [3.63, 3.8) is 0 Å². The number of nitrogens with zero attached hydrogens (tertiary/aromatic N) is 1. The van der Waals surface area contributed by atoms with Crippen LogP contribution in [0.15, 0.2) is 35.1 Å². The Labute approximate surface area is 124 Å². The first-order valence-corrected chi connectivity index (χ1v) is 7.19. The van der Waals surface area contributed by atoms with Gasteiger partial charge in [0.15, 0.2) is 0 Å². The number of anilines is 1. The Morgan fingerprint density at radius 3 is 2.76 bits per heavy atom. The van der Waals surface area contributed by atoms with E-state index in [1.807, 2.05) is 30.3 Å². The highest BCUT2D eigenvalue weighted by atomic mass is 16.5. The number of unbranched alkanes of at least 4 members (excludes halogenated alkanes) is 1. The zero-order valence-electron chi connectivity index (χ0n) is 12.4. The zero-order chi connectivity index (χ0) is 15.1. The molecule has 1 aromatic heterocycles.